The van der Waals surface area contributed by atoms with Crippen molar-refractivity contribution in [2.24, 2.45) is 0 Å². The zero-order valence-electron chi connectivity index (χ0n) is 11.1. The van der Waals surface area contributed by atoms with E-state index in [1.807, 2.05) is 6.92 Å². The van der Waals surface area contributed by atoms with Crippen molar-refractivity contribution in [3.8, 4) is 0 Å². The minimum absolute atomic E-state index is 0.114. The van der Waals surface area contributed by atoms with Crippen molar-refractivity contribution < 1.29 is 19.1 Å². The van der Waals surface area contributed by atoms with Crippen LogP contribution < -0.4 is 5.32 Å². The summed E-state index contributed by atoms with van der Waals surface area (Å²) in [7, 11) is 0. The Morgan fingerprint density at radius 2 is 1.82 bits per heavy atom. The van der Waals surface area contributed by atoms with Crippen molar-refractivity contribution >= 4 is 12.1 Å². The van der Waals surface area contributed by atoms with Gasteiger partial charge < -0.3 is 9.47 Å². The van der Waals surface area contributed by atoms with Crippen LogP contribution in [0.15, 0.2) is 11.8 Å². The number of hydrogen-bond acceptors (Lipinski definition) is 4. The van der Waals surface area contributed by atoms with Crippen molar-refractivity contribution in [3.63, 3.8) is 0 Å². The Morgan fingerprint density at radius 3 is 2.24 bits per heavy atom. The molecule has 0 aliphatic heterocycles. The zero-order valence-corrected chi connectivity index (χ0v) is 11.1. The van der Waals surface area contributed by atoms with Crippen LogP contribution in [0.1, 0.15) is 41.0 Å². The summed E-state index contributed by atoms with van der Waals surface area (Å²) in [4.78, 5) is 22.9. The van der Waals surface area contributed by atoms with E-state index in [2.05, 4.69) is 5.32 Å². The van der Waals surface area contributed by atoms with E-state index in [1.54, 1.807) is 33.8 Å². The number of rotatable bonds is 4. The van der Waals surface area contributed by atoms with Crippen LogP contribution in [-0.4, -0.2) is 24.3 Å². The second kappa shape index (κ2) is 6.93. The molecule has 0 radical (unpaired) electrons. The Balaban J connectivity index is 4.52. The van der Waals surface area contributed by atoms with Crippen molar-refractivity contribution in [2.45, 2.75) is 46.6 Å². The standard InChI is InChI=1S/C12H21NO4/c1-6-8-9(10(14)16-7-2)13-11(15)17-12(3,4)5/h8H,6-7H2,1-5H3,(H,13,15). The molecule has 0 aromatic rings. The molecule has 1 N–H and O–H groups in total. The predicted octanol–water partition coefficient (Wildman–Crippen LogP) is 2.37. The maximum atomic E-state index is 11.5. The summed E-state index contributed by atoms with van der Waals surface area (Å²) in [6, 6.07) is 0. The molecule has 0 heterocycles. The molecule has 0 aromatic heterocycles. The van der Waals surface area contributed by atoms with Gasteiger partial charge in [0, 0.05) is 0 Å². The lowest BCUT2D eigenvalue weighted by molar-refractivity contribution is -0.139. The monoisotopic (exact) mass is 243 g/mol. The molecule has 0 atom stereocenters. The highest BCUT2D eigenvalue weighted by molar-refractivity contribution is 5.92. The normalized spacial score (nSPS) is 11.9. The van der Waals surface area contributed by atoms with E-state index in [4.69, 9.17) is 9.47 Å². The molecule has 0 rings (SSSR count). The zero-order chi connectivity index (χ0) is 13.5. The quantitative estimate of drug-likeness (QED) is 0.608. The van der Waals surface area contributed by atoms with E-state index in [0.717, 1.165) is 0 Å². The van der Waals surface area contributed by atoms with Gasteiger partial charge in [0.05, 0.1) is 6.61 Å². The maximum Gasteiger partial charge on any atom is 0.412 e. The second-order valence-electron chi connectivity index (χ2n) is 4.37. The highest BCUT2D eigenvalue weighted by Crippen LogP contribution is 2.07. The number of ether oxygens (including phenoxy) is 2. The Labute approximate surface area is 102 Å². The van der Waals surface area contributed by atoms with Gasteiger partial charge in [0.2, 0.25) is 0 Å². The first kappa shape index (κ1) is 15.5. The summed E-state index contributed by atoms with van der Waals surface area (Å²) in [5, 5.41) is 2.38. The molecule has 0 saturated heterocycles. The van der Waals surface area contributed by atoms with Crippen molar-refractivity contribution in [1.29, 1.82) is 0 Å². The van der Waals surface area contributed by atoms with Crippen LogP contribution in [0.5, 0.6) is 0 Å². The molecular weight excluding hydrogens is 222 g/mol. The average molecular weight is 243 g/mol. The smallest absolute Gasteiger partial charge is 0.412 e. The van der Waals surface area contributed by atoms with E-state index in [0.29, 0.717) is 6.42 Å². The molecule has 0 aromatic carbocycles. The highest BCUT2D eigenvalue weighted by atomic mass is 16.6. The van der Waals surface area contributed by atoms with Crippen LogP contribution in [0.2, 0.25) is 0 Å². The molecule has 5 heteroatoms. The number of carbonyl (C=O) groups excluding carboxylic acids is 2. The van der Waals surface area contributed by atoms with Crippen LogP contribution in [0.4, 0.5) is 4.79 Å². The summed E-state index contributed by atoms with van der Waals surface area (Å²) in [5.74, 6) is -0.555. The molecule has 1 amide bonds. The van der Waals surface area contributed by atoms with Crippen LogP contribution in [0, 0.1) is 0 Å². The van der Waals surface area contributed by atoms with Gasteiger partial charge in [0.15, 0.2) is 0 Å². The lowest BCUT2D eigenvalue weighted by Gasteiger charge is -2.20. The molecule has 0 bridgehead atoms. The first-order valence-corrected chi connectivity index (χ1v) is 5.67. The van der Waals surface area contributed by atoms with E-state index < -0.39 is 17.7 Å². The number of carbonyl (C=O) groups is 2. The fourth-order valence-electron chi connectivity index (χ4n) is 1.01. The van der Waals surface area contributed by atoms with Gasteiger partial charge in [-0.3, -0.25) is 5.32 Å². The van der Waals surface area contributed by atoms with Crippen molar-refractivity contribution in [3.05, 3.63) is 11.8 Å². The van der Waals surface area contributed by atoms with E-state index in [9.17, 15) is 9.59 Å². The Bertz CT molecular complexity index is 302. The Kier molecular flexibility index (Phi) is 6.31. The number of nitrogens with one attached hydrogen (secondary N) is 1. The molecule has 5 nitrogen and oxygen atoms in total. The van der Waals surface area contributed by atoms with Crippen molar-refractivity contribution in [2.75, 3.05) is 6.61 Å². The van der Waals surface area contributed by atoms with Gasteiger partial charge >= 0.3 is 12.1 Å². The number of allylic oxidation sites excluding steroid dienone is 1. The SMILES string of the molecule is CCC=C(NC(=O)OC(C)(C)C)C(=O)OCC. The van der Waals surface area contributed by atoms with Gasteiger partial charge in [-0.25, -0.2) is 9.59 Å². The van der Waals surface area contributed by atoms with Gasteiger partial charge in [-0.1, -0.05) is 13.0 Å². The van der Waals surface area contributed by atoms with Crippen LogP contribution in [0.25, 0.3) is 0 Å². The third-order valence-electron chi connectivity index (χ3n) is 1.54. The summed E-state index contributed by atoms with van der Waals surface area (Å²) in [6.45, 7) is 9.07. The van der Waals surface area contributed by atoms with Gasteiger partial charge in [0.1, 0.15) is 11.3 Å². The summed E-state index contributed by atoms with van der Waals surface area (Å²) in [5.41, 5.74) is -0.487. The summed E-state index contributed by atoms with van der Waals surface area (Å²) in [6.07, 6.45) is 1.54. The molecular formula is C12H21NO4. The number of amides is 1. The fraction of sp³-hybridized carbons (Fsp3) is 0.667. The molecule has 0 spiro atoms. The van der Waals surface area contributed by atoms with E-state index in [-0.39, 0.29) is 12.3 Å². The highest BCUT2D eigenvalue weighted by Gasteiger charge is 2.19. The lowest BCUT2D eigenvalue weighted by atomic mass is 10.2. The maximum absolute atomic E-state index is 11.5. The largest absolute Gasteiger partial charge is 0.461 e. The number of esters is 1. The molecule has 17 heavy (non-hydrogen) atoms. The minimum Gasteiger partial charge on any atom is -0.461 e. The third-order valence-corrected chi connectivity index (χ3v) is 1.54. The van der Waals surface area contributed by atoms with Gasteiger partial charge in [-0.15, -0.1) is 0 Å². The molecule has 0 aliphatic carbocycles. The summed E-state index contributed by atoms with van der Waals surface area (Å²) < 4.78 is 9.85. The first-order valence-electron chi connectivity index (χ1n) is 5.67. The molecule has 0 saturated carbocycles. The third kappa shape index (κ3) is 7.38. The van der Waals surface area contributed by atoms with Crippen LogP contribution >= 0.6 is 0 Å². The van der Waals surface area contributed by atoms with Crippen LogP contribution in [0.3, 0.4) is 0 Å². The lowest BCUT2D eigenvalue weighted by Crippen LogP contribution is -2.34. The molecule has 98 valence electrons. The van der Waals surface area contributed by atoms with E-state index >= 15 is 0 Å². The molecule has 0 unspecified atom stereocenters. The predicted molar refractivity (Wildman–Crippen MR) is 64.4 cm³/mol. The van der Waals surface area contributed by atoms with Gasteiger partial charge in [-0.05, 0) is 34.1 Å². The fourth-order valence-corrected chi connectivity index (χ4v) is 1.01. The first-order chi connectivity index (χ1) is 7.80. The molecule has 0 aliphatic rings. The molecule has 0 fully saturated rings. The van der Waals surface area contributed by atoms with Gasteiger partial charge in [-0.2, -0.15) is 0 Å². The van der Waals surface area contributed by atoms with Gasteiger partial charge in [0.25, 0.3) is 0 Å². The average Bonchev–Trinajstić information content (AvgIpc) is 2.14. The number of hydrogen-bond donors (Lipinski definition) is 1. The van der Waals surface area contributed by atoms with Crippen molar-refractivity contribution in [1.82, 2.24) is 5.32 Å². The minimum atomic E-state index is -0.662. The second-order valence-corrected chi connectivity index (χ2v) is 4.37. The Morgan fingerprint density at radius 1 is 1.24 bits per heavy atom. The van der Waals surface area contributed by atoms with Crippen LogP contribution in [-0.2, 0) is 14.3 Å². The van der Waals surface area contributed by atoms with E-state index in [1.165, 1.54) is 0 Å². The topological polar surface area (TPSA) is 64.6 Å². The summed E-state index contributed by atoms with van der Waals surface area (Å²) >= 11 is 0. The number of alkyl carbamates (subject to hydrolysis) is 1. The Hall–Kier alpha value is -1.52.